The molecule has 0 radical (unpaired) electrons. The van der Waals surface area contributed by atoms with Crippen molar-refractivity contribution in [3.8, 4) is 0 Å². The Morgan fingerprint density at radius 2 is 1.94 bits per heavy atom. The molecular formula is C12H14O4S. The van der Waals surface area contributed by atoms with Gasteiger partial charge in [-0.3, -0.25) is 0 Å². The maximum Gasteiger partial charge on any atom is 0.336 e. The van der Waals surface area contributed by atoms with Gasteiger partial charge in [-0.1, -0.05) is 19.1 Å². The van der Waals surface area contributed by atoms with Crippen LogP contribution in [0.3, 0.4) is 0 Å². The summed E-state index contributed by atoms with van der Waals surface area (Å²) in [5.74, 6) is -1.63. The number of thioether (sulfide) groups is 1. The van der Waals surface area contributed by atoms with E-state index in [9.17, 15) is 9.59 Å². The van der Waals surface area contributed by atoms with Crippen molar-refractivity contribution in [2.75, 3.05) is 12.0 Å². The molecule has 1 atom stereocenters. The first-order chi connectivity index (χ1) is 7.99. The predicted octanol–water partition coefficient (Wildman–Crippen LogP) is 2.55. The van der Waals surface area contributed by atoms with E-state index in [1.54, 1.807) is 23.9 Å². The van der Waals surface area contributed by atoms with E-state index in [2.05, 4.69) is 0 Å². The van der Waals surface area contributed by atoms with Gasteiger partial charge < -0.3 is 10.2 Å². The zero-order chi connectivity index (χ0) is 13.0. The average Bonchev–Trinajstić information content (AvgIpc) is 2.28. The number of hydrogen-bond acceptors (Lipinski definition) is 3. The number of benzene rings is 1. The lowest BCUT2D eigenvalue weighted by molar-refractivity contribution is 0.0650. The maximum atomic E-state index is 11.2. The van der Waals surface area contributed by atoms with Crippen LogP contribution in [0.25, 0.3) is 0 Å². The van der Waals surface area contributed by atoms with Gasteiger partial charge in [-0.15, -0.1) is 0 Å². The van der Waals surface area contributed by atoms with Gasteiger partial charge in [-0.25, -0.2) is 9.59 Å². The van der Waals surface area contributed by atoms with Gasteiger partial charge >= 0.3 is 11.9 Å². The molecule has 17 heavy (non-hydrogen) atoms. The van der Waals surface area contributed by atoms with Crippen molar-refractivity contribution in [1.29, 1.82) is 0 Å². The minimum atomic E-state index is -1.21. The first-order valence-corrected chi connectivity index (χ1v) is 6.46. The topological polar surface area (TPSA) is 74.6 Å². The van der Waals surface area contributed by atoms with Crippen LogP contribution in [0.5, 0.6) is 0 Å². The molecule has 0 saturated heterocycles. The molecule has 0 fully saturated rings. The van der Waals surface area contributed by atoms with Gasteiger partial charge in [-0.2, -0.15) is 11.8 Å². The fourth-order valence-corrected chi connectivity index (χ4v) is 2.42. The molecule has 0 aliphatic heterocycles. The summed E-state index contributed by atoms with van der Waals surface area (Å²) in [6.45, 7) is 1.89. The zero-order valence-electron chi connectivity index (χ0n) is 9.64. The SMILES string of the molecule is CSC[C@@H](C)c1cccc(C(=O)O)c1C(=O)O. The number of carboxylic acid groups (broad SMARTS) is 2. The van der Waals surface area contributed by atoms with Gasteiger partial charge in [0.2, 0.25) is 0 Å². The van der Waals surface area contributed by atoms with Crippen molar-refractivity contribution in [1.82, 2.24) is 0 Å². The highest BCUT2D eigenvalue weighted by atomic mass is 32.2. The minimum absolute atomic E-state index is 0.00963. The van der Waals surface area contributed by atoms with Gasteiger partial charge in [0.15, 0.2) is 0 Å². The molecule has 2 N–H and O–H groups in total. The molecule has 0 heterocycles. The van der Waals surface area contributed by atoms with Crippen LogP contribution in [-0.4, -0.2) is 34.2 Å². The third-order valence-corrected chi connectivity index (χ3v) is 3.32. The van der Waals surface area contributed by atoms with Crippen LogP contribution in [-0.2, 0) is 0 Å². The Bertz CT molecular complexity index is 442. The van der Waals surface area contributed by atoms with Gasteiger partial charge in [0, 0.05) is 0 Å². The van der Waals surface area contributed by atoms with E-state index in [0.29, 0.717) is 5.56 Å². The molecule has 1 rings (SSSR count). The van der Waals surface area contributed by atoms with Gasteiger partial charge in [0.05, 0.1) is 11.1 Å². The molecule has 5 heteroatoms. The summed E-state index contributed by atoms with van der Waals surface area (Å²) >= 11 is 1.60. The smallest absolute Gasteiger partial charge is 0.336 e. The number of rotatable bonds is 5. The molecule has 0 aromatic heterocycles. The van der Waals surface area contributed by atoms with E-state index in [0.717, 1.165) is 5.75 Å². The molecule has 0 saturated carbocycles. The zero-order valence-corrected chi connectivity index (χ0v) is 10.5. The van der Waals surface area contributed by atoms with Crippen LogP contribution in [0.15, 0.2) is 18.2 Å². The summed E-state index contributed by atoms with van der Waals surface area (Å²) in [7, 11) is 0. The largest absolute Gasteiger partial charge is 0.478 e. The molecule has 92 valence electrons. The molecule has 4 nitrogen and oxygen atoms in total. The van der Waals surface area contributed by atoms with Crippen LogP contribution in [0.4, 0.5) is 0 Å². The van der Waals surface area contributed by atoms with E-state index in [1.807, 2.05) is 13.2 Å². The fourth-order valence-electron chi connectivity index (χ4n) is 1.74. The van der Waals surface area contributed by atoms with E-state index < -0.39 is 11.9 Å². The van der Waals surface area contributed by atoms with Crippen LogP contribution < -0.4 is 0 Å². The number of hydrogen-bond donors (Lipinski definition) is 2. The minimum Gasteiger partial charge on any atom is -0.478 e. The van der Waals surface area contributed by atoms with Crippen molar-refractivity contribution < 1.29 is 19.8 Å². The molecule has 0 amide bonds. The van der Waals surface area contributed by atoms with E-state index in [4.69, 9.17) is 10.2 Å². The molecular weight excluding hydrogens is 240 g/mol. The standard InChI is InChI=1S/C12H14O4S/c1-7(6-17-2)8-4-3-5-9(11(13)14)10(8)12(15)16/h3-5,7H,6H2,1-2H3,(H,13,14)(H,15,16)/t7-/m1/s1. The molecule has 1 aromatic carbocycles. The maximum absolute atomic E-state index is 11.2. The summed E-state index contributed by atoms with van der Waals surface area (Å²) in [5.41, 5.74) is 0.330. The molecule has 1 aromatic rings. The lowest BCUT2D eigenvalue weighted by atomic mass is 9.93. The summed E-state index contributed by atoms with van der Waals surface area (Å²) in [6.07, 6.45) is 1.93. The lowest BCUT2D eigenvalue weighted by Crippen LogP contribution is -2.13. The summed E-state index contributed by atoms with van der Waals surface area (Å²) in [5, 5.41) is 18.1. The lowest BCUT2D eigenvalue weighted by Gasteiger charge is -2.14. The molecule has 0 unspecified atom stereocenters. The third kappa shape index (κ3) is 3.00. The quantitative estimate of drug-likeness (QED) is 0.844. The van der Waals surface area contributed by atoms with Crippen LogP contribution in [0.1, 0.15) is 39.1 Å². The fraction of sp³-hybridized carbons (Fsp3) is 0.333. The molecule has 0 aliphatic carbocycles. The van der Waals surface area contributed by atoms with Crippen molar-refractivity contribution in [2.24, 2.45) is 0 Å². The molecule has 0 spiro atoms. The van der Waals surface area contributed by atoms with Crippen molar-refractivity contribution in [2.45, 2.75) is 12.8 Å². The predicted molar refractivity (Wildman–Crippen MR) is 67.2 cm³/mol. The first-order valence-electron chi connectivity index (χ1n) is 5.07. The van der Waals surface area contributed by atoms with Crippen LogP contribution in [0, 0.1) is 0 Å². The van der Waals surface area contributed by atoms with Crippen LogP contribution >= 0.6 is 11.8 Å². The molecule has 0 aliphatic rings. The second-order valence-electron chi connectivity index (χ2n) is 3.74. The van der Waals surface area contributed by atoms with E-state index in [-0.39, 0.29) is 17.0 Å². The second kappa shape index (κ2) is 5.72. The summed E-state index contributed by atoms with van der Waals surface area (Å²) in [6, 6.07) is 4.58. The van der Waals surface area contributed by atoms with Crippen molar-refractivity contribution in [3.63, 3.8) is 0 Å². The monoisotopic (exact) mass is 254 g/mol. The Labute approximate surface area is 104 Å². The van der Waals surface area contributed by atoms with E-state index >= 15 is 0 Å². The summed E-state index contributed by atoms with van der Waals surface area (Å²) in [4.78, 5) is 22.2. The van der Waals surface area contributed by atoms with Crippen molar-refractivity contribution >= 4 is 23.7 Å². The number of carbonyl (C=O) groups is 2. The average molecular weight is 254 g/mol. The molecule has 0 bridgehead atoms. The second-order valence-corrected chi connectivity index (χ2v) is 4.65. The third-order valence-electron chi connectivity index (χ3n) is 2.49. The van der Waals surface area contributed by atoms with E-state index in [1.165, 1.54) is 6.07 Å². The Morgan fingerprint density at radius 3 is 2.41 bits per heavy atom. The highest BCUT2D eigenvalue weighted by Crippen LogP contribution is 2.25. The Kier molecular flexibility index (Phi) is 4.57. The van der Waals surface area contributed by atoms with Gasteiger partial charge in [0.25, 0.3) is 0 Å². The highest BCUT2D eigenvalue weighted by molar-refractivity contribution is 7.98. The Balaban J connectivity index is 3.34. The number of aromatic carboxylic acids is 2. The van der Waals surface area contributed by atoms with Gasteiger partial charge in [-0.05, 0) is 29.6 Å². The highest BCUT2D eigenvalue weighted by Gasteiger charge is 2.22. The Morgan fingerprint density at radius 1 is 1.29 bits per heavy atom. The van der Waals surface area contributed by atoms with Crippen molar-refractivity contribution in [3.05, 3.63) is 34.9 Å². The first kappa shape index (κ1) is 13.6. The van der Waals surface area contributed by atoms with Crippen LogP contribution in [0.2, 0.25) is 0 Å². The normalized spacial score (nSPS) is 12.1. The summed E-state index contributed by atoms with van der Waals surface area (Å²) < 4.78 is 0. The Hall–Kier alpha value is -1.49. The van der Waals surface area contributed by atoms with Gasteiger partial charge in [0.1, 0.15) is 0 Å². The number of carboxylic acids is 2.